The molecule has 0 saturated carbocycles. The molecule has 0 aromatic heterocycles. The van der Waals surface area contributed by atoms with Crippen LogP contribution in [0.1, 0.15) is 11.1 Å². The van der Waals surface area contributed by atoms with Gasteiger partial charge in [0.1, 0.15) is 0 Å². The molecule has 1 aromatic carbocycles. The highest BCUT2D eigenvalue weighted by Crippen LogP contribution is 2.19. The molecule has 2 nitrogen and oxygen atoms in total. The normalized spacial score (nSPS) is 10.4. The van der Waals surface area contributed by atoms with Gasteiger partial charge in [0.25, 0.3) is 0 Å². The molecular formula is C13H14BrNO. The Bertz CT molecular complexity index is 424. The van der Waals surface area contributed by atoms with Crippen molar-refractivity contribution in [2.24, 2.45) is 0 Å². The SMILES string of the molecule is C=CCNC(=O)/C=C\c1ccc(C)cc1Br. The van der Waals surface area contributed by atoms with Crippen molar-refractivity contribution in [1.29, 1.82) is 0 Å². The van der Waals surface area contributed by atoms with Crippen LogP contribution in [0.3, 0.4) is 0 Å². The molecule has 16 heavy (non-hydrogen) atoms. The molecule has 0 spiro atoms. The van der Waals surface area contributed by atoms with E-state index in [-0.39, 0.29) is 5.91 Å². The van der Waals surface area contributed by atoms with Crippen LogP contribution in [0.4, 0.5) is 0 Å². The first-order chi connectivity index (χ1) is 7.63. The van der Waals surface area contributed by atoms with Crippen LogP contribution in [0.5, 0.6) is 0 Å². The van der Waals surface area contributed by atoms with Crippen molar-refractivity contribution >= 4 is 27.9 Å². The summed E-state index contributed by atoms with van der Waals surface area (Å²) in [6.45, 7) is 6.04. The van der Waals surface area contributed by atoms with Gasteiger partial charge in [-0.15, -0.1) is 6.58 Å². The van der Waals surface area contributed by atoms with Gasteiger partial charge in [-0.05, 0) is 30.2 Å². The van der Waals surface area contributed by atoms with Crippen LogP contribution in [-0.4, -0.2) is 12.5 Å². The lowest BCUT2D eigenvalue weighted by molar-refractivity contribution is -0.116. The van der Waals surface area contributed by atoms with Crippen LogP contribution in [0.2, 0.25) is 0 Å². The van der Waals surface area contributed by atoms with Gasteiger partial charge in [0, 0.05) is 17.1 Å². The molecule has 3 heteroatoms. The highest BCUT2D eigenvalue weighted by molar-refractivity contribution is 9.10. The van der Waals surface area contributed by atoms with E-state index in [1.807, 2.05) is 25.1 Å². The lowest BCUT2D eigenvalue weighted by Gasteiger charge is -2.00. The van der Waals surface area contributed by atoms with Gasteiger partial charge in [-0.25, -0.2) is 0 Å². The van der Waals surface area contributed by atoms with Crippen molar-refractivity contribution in [2.75, 3.05) is 6.54 Å². The quantitative estimate of drug-likeness (QED) is 0.666. The van der Waals surface area contributed by atoms with Crippen LogP contribution in [0.15, 0.2) is 41.4 Å². The standard InChI is InChI=1S/C13H14BrNO/c1-3-8-15-13(16)7-6-11-5-4-10(2)9-12(11)14/h3-7,9H,1,8H2,2H3,(H,15,16)/b7-6-. The highest BCUT2D eigenvalue weighted by Gasteiger charge is 1.97. The Morgan fingerprint density at radius 2 is 2.31 bits per heavy atom. The van der Waals surface area contributed by atoms with Crippen molar-refractivity contribution < 1.29 is 4.79 Å². The van der Waals surface area contributed by atoms with E-state index in [9.17, 15) is 4.79 Å². The van der Waals surface area contributed by atoms with Crippen molar-refractivity contribution in [1.82, 2.24) is 5.32 Å². The maximum atomic E-state index is 11.3. The van der Waals surface area contributed by atoms with E-state index in [4.69, 9.17) is 0 Å². The summed E-state index contributed by atoms with van der Waals surface area (Å²) >= 11 is 3.45. The van der Waals surface area contributed by atoms with E-state index >= 15 is 0 Å². The summed E-state index contributed by atoms with van der Waals surface area (Å²) in [4.78, 5) is 11.3. The summed E-state index contributed by atoms with van der Waals surface area (Å²) in [7, 11) is 0. The summed E-state index contributed by atoms with van der Waals surface area (Å²) in [5, 5.41) is 2.67. The number of amides is 1. The smallest absolute Gasteiger partial charge is 0.244 e. The van der Waals surface area contributed by atoms with E-state index < -0.39 is 0 Å². The lowest BCUT2D eigenvalue weighted by Crippen LogP contribution is -2.20. The van der Waals surface area contributed by atoms with Gasteiger partial charge in [0.2, 0.25) is 5.91 Å². The average Bonchev–Trinajstić information content (AvgIpc) is 2.25. The molecule has 0 aliphatic heterocycles. The molecule has 84 valence electrons. The van der Waals surface area contributed by atoms with Crippen molar-refractivity contribution in [3.8, 4) is 0 Å². The molecule has 1 aromatic rings. The first-order valence-corrected chi connectivity index (χ1v) is 5.75. The van der Waals surface area contributed by atoms with Gasteiger partial charge in [0.05, 0.1) is 0 Å². The Morgan fingerprint density at radius 3 is 2.94 bits per heavy atom. The van der Waals surface area contributed by atoms with E-state index in [0.717, 1.165) is 10.0 Å². The number of rotatable bonds is 4. The lowest BCUT2D eigenvalue weighted by atomic mass is 10.1. The highest BCUT2D eigenvalue weighted by atomic mass is 79.9. The number of aryl methyl sites for hydroxylation is 1. The zero-order valence-corrected chi connectivity index (χ0v) is 10.8. The van der Waals surface area contributed by atoms with Crippen LogP contribution in [0.25, 0.3) is 6.08 Å². The van der Waals surface area contributed by atoms with Crippen LogP contribution in [-0.2, 0) is 4.79 Å². The average molecular weight is 280 g/mol. The predicted octanol–water partition coefficient (Wildman–Crippen LogP) is 3.07. The molecule has 0 atom stereocenters. The molecule has 1 rings (SSSR count). The number of nitrogens with one attached hydrogen (secondary N) is 1. The van der Waals surface area contributed by atoms with Gasteiger partial charge in [-0.1, -0.05) is 34.1 Å². The third-order valence-electron chi connectivity index (χ3n) is 1.99. The number of carbonyl (C=O) groups is 1. The fourth-order valence-corrected chi connectivity index (χ4v) is 1.79. The number of benzene rings is 1. The molecule has 0 radical (unpaired) electrons. The Hall–Kier alpha value is -1.35. The van der Waals surface area contributed by atoms with Gasteiger partial charge in [0.15, 0.2) is 0 Å². The van der Waals surface area contributed by atoms with Crippen LogP contribution in [0, 0.1) is 6.92 Å². The topological polar surface area (TPSA) is 29.1 Å². The number of carbonyl (C=O) groups excluding carboxylic acids is 1. The summed E-state index contributed by atoms with van der Waals surface area (Å²) in [5.41, 5.74) is 2.17. The van der Waals surface area contributed by atoms with E-state index in [1.165, 1.54) is 11.6 Å². The zero-order valence-electron chi connectivity index (χ0n) is 9.16. The maximum absolute atomic E-state index is 11.3. The van der Waals surface area contributed by atoms with Crippen LogP contribution < -0.4 is 5.32 Å². The number of hydrogen-bond acceptors (Lipinski definition) is 1. The molecule has 0 saturated heterocycles. The molecule has 1 N–H and O–H groups in total. The summed E-state index contributed by atoms with van der Waals surface area (Å²) in [6, 6.07) is 5.99. The van der Waals surface area contributed by atoms with E-state index in [0.29, 0.717) is 6.54 Å². The van der Waals surface area contributed by atoms with Gasteiger partial charge >= 0.3 is 0 Å². The van der Waals surface area contributed by atoms with E-state index in [1.54, 1.807) is 12.2 Å². The number of hydrogen-bond donors (Lipinski definition) is 1. The Balaban J connectivity index is 2.68. The largest absolute Gasteiger partial charge is 0.349 e. The molecule has 0 bridgehead atoms. The van der Waals surface area contributed by atoms with Gasteiger partial charge < -0.3 is 5.32 Å². The minimum atomic E-state index is -0.118. The van der Waals surface area contributed by atoms with Gasteiger partial charge in [-0.3, -0.25) is 4.79 Å². The first kappa shape index (κ1) is 12.7. The fraction of sp³-hybridized carbons (Fsp3) is 0.154. The van der Waals surface area contributed by atoms with Crippen molar-refractivity contribution in [2.45, 2.75) is 6.92 Å². The molecule has 0 unspecified atom stereocenters. The molecule has 0 fully saturated rings. The van der Waals surface area contributed by atoms with Gasteiger partial charge in [-0.2, -0.15) is 0 Å². The Morgan fingerprint density at radius 1 is 1.56 bits per heavy atom. The summed E-state index contributed by atoms with van der Waals surface area (Å²) in [6.07, 6.45) is 4.94. The molecular weight excluding hydrogens is 266 g/mol. The molecule has 0 aliphatic rings. The predicted molar refractivity (Wildman–Crippen MR) is 71.1 cm³/mol. The maximum Gasteiger partial charge on any atom is 0.244 e. The Kier molecular flexibility index (Phi) is 4.99. The fourth-order valence-electron chi connectivity index (χ4n) is 1.16. The Labute approximate surface area is 104 Å². The second-order valence-electron chi connectivity index (χ2n) is 3.39. The monoisotopic (exact) mass is 279 g/mol. The molecule has 0 heterocycles. The molecule has 0 aliphatic carbocycles. The van der Waals surface area contributed by atoms with Crippen LogP contribution >= 0.6 is 15.9 Å². The summed E-state index contributed by atoms with van der Waals surface area (Å²) < 4.78 is 0.986. The third-order valence-corrected chi connectivity index (χ3v) is 2.68. The molecule has 1 amide bonds. The van der Waals surface area contributed by atoms with Crippen molar-refractivity contribution in [3.05, 3.63) is 52.5 Å². The zero-order chi connectivity index (χ0) is 12.0. The first-order valence-electron chi connectivity index (χ1n) is 4.96. The number of halogens is 1. The minimum Gasteiger partial charge on any atom is -0.349 e. The summed E-state index contributed by atoms with van der Waals surface area (Å²) in [5.74, 6) is -0.118. The minimum absolute atomic E-state index is 0.118. The van der Waals surface area contributed by atoms with Crippen molar-refractivity contribution in [3.63, 3.8) is 0 Å². The third kappa shape index (κ3) is 4.03. The van der Waals surface area contributed by atoms with E-state index in [2.05, 4.69) is 27.8 Å². The second kappa shape index (κ2) is 6.28. The second-order valence-corrected chi connectivity index (χ2v) is 4.25.